The van der Waals surface area contributed by atoms with E-state index >= 15 is 0 Å². The van der Waals surface area contributed by atoms with Crippen LogP contribution in [0.1, 0.15) is 44.5 Å². The summed E-state index contributed by atoms with van der Waals surface area (Å²) in [5.74, 6) is 0. The van der Waals surface area contributed by atoms with Crippen LogP contribution in [0.15, 0.2) is 85.2 Å². The molecule has 4 aromatic carbocycles. The molecule has 9 rings (SSSR count). The summed E-state index contributed by atoms with van der Waals surface area (Å²) in [6.45, 7) is 0. The van der Waals surface area contributed by atoms with Gasteiger partial charge in [0.1, 0.15) is 0 Å². The topological polar surface area (TPSA) is 16.1 Å². The third-order valence-electron chi connectivity index (χ3n) is 8.67. The third-order valence-corrected chi connectivity index (χ3v) is 8.67. The second kappa shape index (κ2) is 6.28. The molecular formula is C33H22N2. The number of hydrogen-bond acceptors (Lipinski definition) is 2. The Balaban J connectivity index is 1.35. The number of pyridine rings is 1. The van der Waals surface area contributed by atoms with Gasteiger partial charge in [-0.15, -0.1) is 0 Å². The summed E-state index contributed by atoms with van der Waals surface area (Å²) in [5, 5.41) is 0. The Hall–Kier alpha value is -4.17. The maximum atomic E-state index is 4.50. The minimum atomic E-state index is 0.948. The molecule has 2 aliphatic heterocycles. The Labute approximate surface area is 204 Å². The number of hydrogen-bond donors (Lipinski definition) is 0. The molecule has 2 heteroatoms. The molecule has 4 aliphatic rings. The largest absolute Gasteiger partial charge is 0.309 e. The van der Waals surface area contributed by atoms with Gasteiger partial charge in [-0.05, 0) is 97.8 Å². The van der Waals surface area contributed by atoms with Crippen LogP contribution < -0.4 is 4.90 Å². The standard InChI is InChI=1S/C33H22N2/c1-3-7-23-19(5-1)14-27-25(23)9-10-32-29(27)17-30-28-15-20-6-2-4-8-24(20)26(28)16-21-13-22-18-34-12-11-31(22)35(32)33(21)30/h1-12,16,18H,13-15,17H2. The van der Waals surface area contributed by atoms with E-state index in [-0.39, 0.29) is 0 Å². The van der Waals surface area contributed by atoms with E-state index in [0.717, 1.165) is 25.7 Å². The first-order valence-electron chi connectivity index (χ1n) is 12.6. The quantitative estimate of drug-likeness (QED) is 0.240. The van der Waals surface area contributed by atoms with Crippen LogP contribution in [0.25, 0.3) is 22.3 Å². The lowest BCUT2D eigenvalue weighted by Gasteiger charge is -2.41. The summed E-state index contributed by atoms with van der Waals surface area (Å²) in [7, 11) is 0. The fourth-order valence-corrected chi connectivity index (χ4v) is 7.20. The molecule has 2 nitrogen and oxygen atoms in total. The molecule has 0 unspecified atom stereocenters. The number of benzene rings is 4. The smallest absolute Gasteiger partial charge is 0.0535 e. The average molecular weight is 447 g/mol. The Morgan fingerprint density at radius 3 is 2.09 bits per heavy atom. The van der Waals surface area contributed by atoms with E-state index in [1.54, 1.807) is 0 Å². The number of aromatic nitrogens is 1. The molecule has 0 saturated carbocycles. The zero-order chi connectivity index (χ0) is 22.7. The summed E-state index contributed by atoms with van der Waals surface area (Å²) in [6.07, 6.45) is 8.05. The Morgan fingerprint density at radius 1 is 0.514 bits per heavy atom. The first-order chi connectivity index (χ1) is 17.3. The molecule has 5 aromatic rings. The molecule has 1 aromatic heterocycles. The van der Waals surface area contributed by atoms with Gasteiger partial charge in [0.25, 0.3) is 0 Å². The lowest BCUT2D eigenvalue weighted by atomic mass is 9.81. The van der Waals surface area contributed by atoms with Gasteiger partial charge >= 0.3 is 0 Å². The molecule has 2 aliphatic carbocycles. The average Bonchev–Trinajstić information content (AvgIpc) is 3.47. The van der Waals surface area contributed by atoms with Crippen molar-refractivity contribution in [1.82, 2.24) is 4.98 Å². The maximum Gasteiger partial charge on any atom is 0.0535 e. The van der Waals surface area contributed by atoms with Crippen LogP contribution in [-0.4, -0.2) is 4.98 Å². The van der Waals surface area contributed by atoms with Crippen LogP contribution in [0.5, 0.6) is 0 Å². The van der Waals surface area contributed by atoms with Gasteiger partial charge in [0, 0.05) is 25.2 Å². The molecule has 0 amide bonds. The van der Waals surface area contributed by atoms with Gasteiger partial charge in [-0.1, -0.05) is 54.6 Å². The van der Waals surface area contributed by atoms with Crippen molar-refractivity contribution in [3.63, 3.8) is 0 Å². The van der Waals surface area contributed by atoms with Crippen molar-refractivity contribution < 1.29 is 0 Å². The van der Waals surface area contributed by atoms with E-state index in [1.165, 1.54) is 83.8 Å². The highest BCUT2D eigenvalue weighted by Gasteiger charge is 2.37. The van der Waals surface area contributed by atoms with E-state index in [4.69, 9.17) is 0 Å². The monoisotopic (exact) mass is 446 g/mol. The van der Waals surface area contributed by atoms with Crippen molar-refractivity contribution in [2.24, 2.45) is 0 Å². The lowest BCUT2D eigenvalue weighted by molar-refractivity contribution is 0.974. The zero-order valence-corrected chi connectivity index (χ0v) is 19.3. The first-order valence-corrected chi connectivity index (χ1v) is 12.6. The minimum Gasteiger partial charge on any atom is -0.309 e. The van der Waals surface area contributed by atoms with Crippen LogP contribution in [0, 0.1) is 0 Å². The van der Waals surface area contributed by atoms with Crippen molar-refractivity contribution in [3.05, 3.63) is 130 Å². The Kier molecular flexibility index (Phi) is 3.27. The van der Waals surface area contributed by atoms with E-state index in [1.807, 2.05) is 6.20 Å². The van der Waals surface area contributed by atoms with E-state index in [9.17, 15) is 0 Å². The van der Waals surface area contributed by atoms with Gasteiger partial charge in [0.2, 0.25) is 0 Å². The molecule has 0 N–H and O–H groups in total. The minimum absolute atomic E-state index is 0.948. The molecule has 0 atom stereocenters. The molecule has 35 heavy (non-hydrogen) atoms. The van der Waals surface area contributed by atoms with Gasteiger partial charge in [0.15, 0.2) is 0 Å². The Bertz CT molecular complexity index is 1760. The molecule has 0 fully saturated rings. The van der Waals surface area contributed by atoms with Crippen molar-refractivity contribution in [1.29, 1.82) is 0 Å². The molecule has 0 radical (unpaired) electrons. The maximum absolute atomic E-state index is 4.50. The second-order valence-electron chi connectivity index (χ2n) is 10.3. The number of nitrogens with zero attached hydrogens (tertiary/aromatic N) is 2. The van der Waals surface area contributed by atoms with Crippen molar-refractivity contribution in [2.45, 2.75) is 25.7 Å². The highest BCUT2D eigenvalue weighted by atomic mass is 15.2. The zero-order valence-electron chi connectivity index (χ0n) is 19.3. The normalized spacial score (nSPS) is 14.9. The van der Waals surface area contributed by atoms with Crippen LogP contribution >= 0.6 is 0 Å². The van der Waals surface area contributed by atoms with Gasteiger partial charge in [0.05, 0.1) is 17.1 Å². The van der Waals surface area contributed by atoms with Crippen LogP contribution in [0.2, 0.25) is 0 Å². The molecule has 164 valence electrons. The summed E-state index contributed by atoms with van der Waals surface area (Å²) >= 11 is 0. The molecule has 0 spiro atoms. The van der Waals surface area contributed by atoms with Crippen LogP contribution in [0.4, 0.5) is 17.1 Å². The van der Waals surface area contributed by atoms with Crippen LogP contribution in [-0.2, 0) is 25.7 Å². The summed E-state index contributed by atoms with van der Waals surface area (Å²) in [6, 6.07) is 27.4. The van der Waals surface area contributed by atoms with E-state index in [0.29, 0.717) is 0 Å². The second-order valence-corrected chi connectivity index (χ2v) is 10.3. The van der Waals surface area contributed by atoms with Crippen molar-refractivity contribution >= 4 is 17.1 Å². The Morgan fingerprint density at radius 2 is 1.26 bits per heavy atom. The molecule has 0 saturated heterocycles. The number of anilines is 3. The predicted molar refractivity (Wildman–Crippen MR) is 141 cm³/mol. The SMILES string of the molecule is c1ccc2c(c1)Cc1c-2ccc2c1Cc1c3c(cc4c1N2c1ccncc1C4)-c1ccccc1C3. The van der Waals surface area contributed by atoms with Gasteiger partial charge in [-0.2, -0.15) is 0 Å². The summed E-state index contributed by atoms with van der Waals surface area (Å²) in [5.41, 5.74) is 21.5. The van der Waals surface area contributed by atoms with Gasteiger partial charge in [-0.3, -0.25) is 4.98 Å². The predicted octanol–water partition coefficient (Wildman–Crippen LogP) is 7.50. The fourth-order valence-electron chi connectivity index (χ4n) is 7.20. The fraction of sp³-hybridized carbons (Fsp3) is 0.121. The summed E-state index contributed by atoms with van der Waals surface area (Å²) in [4.78, 5) is 7.07. The highest BCUT2D eigenvalue weighted by Crippen LogP contribution is 2.56. The van der Waals surface area contributed by atoms with Gasteiger partial charge < -0.3 is 4.90 Å². The van der Waals surface area contributed by atoms with E-state index < -0.39 is 0 Å². The highest BCUT2D eigenvalue weighted by molar-refractivity contribution is 5.95. The number of fused-ring (bicyclic) bond motifs is 12. The summed E-state index contributed by atoms with van der Waals surface area (Å²) < 4.78 is 0. The van der Waals surface area contributed by atoms with E-state index in [2.05, 4.69) is 88.9 Å². The number of rotatable bonds is 0. The molecular weight excluding hydrogens is 424 g/mol. The van der Waals surface area contributed by atoms with Gasteiger partial charge in [-0.25, -0.2) is 0 Å². The third kappa shape index (κ3) is 2.23. The van der Waals surface area contributed by atoms with Crippen molar-refractivity contribution in [2.75, 3.05) is 4.90 Å². The van der Waals surface area contributed by atoms with Crippen molar-refractivity contribution in [3.8, 4) is 22.3 Å². The molecule has 3 heterocycles. The van der Waals surface area contributed by atoms with Crippen LogP contribution in [0.3, 0.4) is 0 Å². The first kappa shape index (κ1) is 18.2. The molecule has 0 bridgehead atoms. The lowest BCUT2D eigenvalue weighted by Crippen LogP contribution is -2.26.